The Morgan fingerprint density at radius 2 is 2.12 bits per heavy atom. The van der Waals surface area contributed by atoms with Crippen molar-refractivity contribution in [2.24, 2.45) is 0 Å². The molecule has 0 aliphatic carbocycles. The van der Waals surface area contributed by atoms with Gasteiger partial charge in [0.05, 0.1) is 24.1 Å². The summed E-state index contributed by atoms with van der Waals surface area (Å²) < 4.78 is 28.1. The molecule has 2 heterocycles. The smallest absolute Gasteiger partial charge is 0.320 e. The van der Waals surface area contributed by atoms with Crippen molar-refractivity contribution in [1.29, 1.82) is 0 Å². The second-order valence-electron chi connectivity index (χ2n) is 6.83. The molecule has 0 saturated carbocycles. The fourth-order valence-electron chi connectivity index (χ4n) is 3.70. The van der Waals surface area contributed by atoms with Crippen LogP contribution >= 0.6 is 0 Å². The Bertz CT molecular complexity index is 765. The van der Waals surface area contributed by atoms with E-state index in [0.717, 1.165) is 36.9 Å². The number of rotatable bonds is 6. The molecule has 0 radical (unpaired) electrons. The number of carboxylic acids is 1. The lowest BCUT2D eigenvalue weighted by Crippen LogP contribution is -2.36. The van der Waals surface area contributed by atoms with Crippen molar-refractivity contribution in [3.63, 3.8) is 0 Å². The number of para-hydroxylation sites is 2. The minimum atomic E-state index is -2.63. The van der Waals surface area contributed by atoms with Crippen molar-refractivity contribution in [3.8, 4) is 0 Å². The Hall–Kier alpha value is -2.06. The van der Waals surface area contributed by atoms with Gasteiger partial charge in [-0.15, -0.1) is 0 Å². The molecule has 0 spiro atoms. The number of hydrogen-bond donors (Lipinski definition) is 1. The first-order chi connectivity index (χ1) is 12.5. The molecule has 6 nitrogen and oxygen atoms in total. The zero-order valence-electron chi connectivity index (χ0n) is 14.8. The number of halogens is 2. The van der Waals surface area contributed by atoms with E-state index < -0.39 is 12.5 Å². The number of imidazole rings is 1. The summed E-state index contributed by atoms with van der Waals surface area (Å²) in [5, 5.41) is 8.95. The van der Waals surface area contributed by atoms with Gasteiger partial charge in [0, 0.05) is 12.6 Å². The average molecular weight is 366 g/mol. The zero-order chi connectivity index (χ0) is 18.7. The van der Waals surface area contributed by atoms with Gasteiger partial charge in [0.1, 0.15) is 5.82 Å². The molecule has 2 aromatic rings. The number of carboxylic acid groups (broad SMARTS) is 1. The van der Waals surface area contributed by atoms with Crippen molar-refractivity contribution in [3.05, 3.63) is 30.1 Å². The second kappa shape index (κ2) is 8.09. The Kier molecular flexibility index (Phi) is 5.83. The molecule has 8 heteroatoms. The van der Waals surface area contributed by atoms with Crippen LogP contribution in [0.1, 0.15) is 31.6 Å². The molecule has 0 bridgehead atoms. The molecule has 0 amide bonds. The van der Waals surface area contributed by atoms with Crippen LogP contribution in [0.25, 0.3) is 11.0 Å². The lowest BCUT2D eigenvalue weighted by Gasteiger charge is -2.25. The van der Waals surface area contributed by atoms with Crippen LogP contribution in [-0.4, -0.2) is 63.2 Å². The van der Waals surface area contributed by atoms with Gasteiger partial charge in [-0.1, -0.05) is 12.1 Å². The highest BCUT2D eigenvalue weighted by Gasteiger charge is 2.24. The van der Waals surface area contributed by atoms with Gasteiger partial charge < -0.3 is 5.11 Å². The van der Waals surface area contributed by atoms with Crippen LogP contribution in [0.2, 0.25) is 0 Å². The molecule has 1 aliphatic heterocycles. The number of likely N-dealkylation sites (tertiary alicyclic amines) is 1. The number of nitrogens with zero attached hydrogens (tertiary/aromatic N) is 4. The Morgan fingerprint density at radius 3 is 2.85 bits per heavy atom. The predicted molar refractivity (Wildman–Crippen MR) is 94.2 cm³/mol. The Morgan fingerprint density at radius 1 is 1.35 bits per heavy atom. The van der Waals surface area contributed by atoms with Gasteiger partial charge in [-0.2, -0.15) is 8.78 Å². The first kappa shape index (κ1) is 18.7. The summed E-state index contributed by atoms with van der Waals surface area (Å²) in [6.45, 7) is -0.704. The first-order valence-corrected chi connectivity index (χ1v) is 8.84. The summed E-state index contributed by atoms with van der Waals surface area (Å²) in [5.74, 6) is -0.460. The van der Waals surface area contributed by atoms with E-state index in [0.29, 0.717) is 23.4 Å². The predicted octanol–water partition coefficient (Wildman–Crippen LogP) is 2.80. The quantitative estimate of drug-likeness (QED) is 0.852. The lowest BCUT2D eigenvalue weighted by atomic mass is 10.1. The number of benzene rings is 1. The van der Waals surface area contributed by atoms with E-state index >= 15 is 0 Å². The molecule has 1 saturated heterocycles. The molecule has 1 aliphatic rings. The molecule has 142 valence electrons. The van der Waals surface area contributed by atoms with Gasteiger partial charge in [0.15, 0.2) is 0 Å². The standard InChI is InChI=1S/C18H24F2N4O2/c1-22(12-17(25)26)13-5-4-9-23(10-8-13)11-16-21-14-6-2-3-7-15(14)24(16)18(19)20/h2-3,6-7,13,18H,4-5,8-12H2,1H3,(H,25,26). The summed E-state index contributed by atoms with van der Waals surface area (Å²) in [6.07, 6.45) is 2.63. The maximum atomic E-state index is 13.6. The third-order valence-corrected chi connectivity index (χ3v) is 5.03. The third kappa shape index (κ3) is 4.19. The molecule has 1 aromatic heterocycles. The fraction of sp³-hybridized carbons (Fsp3) is 0.556. The molecule has 1 fully saturated rings. The van der Waals surface area contributed by atoms with Crippen molar-refractivity contribution < 1.29 is 18.7 Å². The van der Waals surface area contributed by atoms with Gasteiger partial charge in [0.25, 0.3) is 0 Å². The van der Waals surface area contributed by atoms with E-state index in [1.807, 2.05) is 11.9 Å². The molecule has 1 atom stereocenters. The monoisotopic (exact) mass is 366 g/mol. The molecule has 1 aromatic carbocycles. The van der Waals surface area contributed by atoms with Crippen LogP contribution < -0.4 is 0 Å². The molecular weight excluding hydrogens is 342 g/mol. The lowest BCUT2D eigenvalue weighted by molar-refractivity contribution is -0.138. The van der Waals surface area contributed by atoms with Crippen molar-refractivity contribution in [2.75, 3.05) is 26.7 Å². The number of hydrogen-bond acceptors (Lipinski definition) is 4. The van der Waals surface area contributed by atoms with Crippen molar-refractivity contribution in [1.82, 2.24) is 19.4 Å². The van der Waals surface area contributed by atoms with E-state index in [1.165, 1.54) is 0 Å². The number of alkyl halides is 2. The minimum absolute atomic E-state index is 0.0197. The van der Waals surface area contributed by atoms with Crippen molar-refractivity contribution in [2.45, 2.75) is 38.4 Å². The molecule has 3 rings (SSSR count). The topological polar surface area (TPSA) is 61.6 Å². The molecule has 26 heavy (non-hydrogen) atoms. The Balaban J connectivity index is 1.71. The number of aliphatic carboxylic acids is 1. The second-order valence-corrected chi connectivity index (χ2v) is 6.83. The van der Waals surface area contributed by atoms with Crippen LogP contribution in [0.3, 0.4) is 0 Å². The number of fused-ring (bicyclic) bond motifs is 1. The van der Waals surface area contributed by atoms with Crippen LogP contribution in [0.4, 0.5) is 8.78 Å². The highest BCUT2D eigenvalue weighted by atomic mass is 19.3. The first-order valence-electron chi connectivity index (χ1n) is 8.84. The average Bonchev–Trinajstić information content (AvgIpc) is 2.77. The molecule has 1 unspecified atom stereocenters. The van der Waals surface area contributed by atoms with Crippen molar-refractivity contribution >= 4 is 17.0 Å². The van der Waals surface area contributed by atoms with Gasteiger partial charge in [-0.25, -0.2) is 4.98 Å². The largest absolute Gasteiger partial charge is 0.480 e. The summed E-state index contributed by atoms with van der Waals surface area (Å²) >= 11 is 0. The fourth-order valence-corrected chi connectivity index (χ4v) is 3.70. The molecular formula is C18H24F2N4O2. The van der Waals surface area contributed by atoms with E-state index in [2.05, 4.69) is 9.88 Å². The van der Waals surface area contributed by atoms with E-state index in [4.69, 9.17) is 5.11 Å². The SMILES string of the molecule is CN(CC(=O)O)C1CCCN(Cc2nc3ccccc3n2C(F)F)CC1. The highest BCUT2D eigenvalue weighted by Crippen LogP contribution is 2.25. The van der Waals surface area contributed by atoms with Gasteiger partial charge in [0.2, 0.25) is 0 Å². The zero-order valence-corrected chi connectivity index (χ0v) is 14.8. The number of likely N-dealkylation sites (N-methyl/N-ethyl adjacent to an activating group) is 1. The molecule has 1 N–H and O–H groups in total. The summed E-state index contributed by atoms with van der Waals surface area (Å²) in [5.41, 5.74) is 1.03. The summed E-state index contributed by atoms with van der Waals surface area (Å²) in [6, 6.07) is 7.14. The minimum Gasteiger partial charge on any atom is -0.480 e. The maximum absolute atomic E-state index is 13.6. The number of aromatic nitrogens is 2. The number of carbonyl (C=O) groups is 1. The summed E-state index contributed by atoms with van der Waals surface area (Å²) in [4.78, 5) is 19.3. The third-order valence-electron chi connectivity index (χ3n) is 5.03. The van der Waals surface area contributed by atoms with Gasteiger partial charge in [-0.05, 0) is 45.0 Å². The van der Waals surface area contributed by atoms with E-state index in [-0.39, 0.29) is 12.6 Å². The van der Waals surface area contributed by atoms with Crippen LogP contribution in [0.5, 0.6) is 0 Å². The van der Waals surface area contributed by atoms with E-state index in [1.54, 1.807) is 24.3 Å². The normalized spacial score (nSPS) is 19.3. The van der Waals surface area contributed by atoms with Crippen LogP contribution in [-0.2, 0) is 11.3 Å². The van der Waals surface area contributed by atoms with Gasteiger partial charge >= 0.3 is 12.5 Å². The maximum Gasteiger partial charge on any atom is 0.320 e. The van der Waals surface area contributed by atoms with Crippen LogP contribution in [0, 0.1) is 0 Å². The van der Waals surface area contributed by atoms with Gasteiger partial charge in [-0.3, -0.25) is 19.2 Å². The highest BCUT2D eigenvalue weighted by molar-refractivity contribution is 5.76. The Labute approximate surface area is 151 Å². The van der Waals surface area contributed by atoms with E-state index in [9.17, 15) is 13.6 Å². The van der Waals surface area contributed by atoms with Crippen LogP contribution in [0.15, 0.2) is 24.3 Å². The summed E-state index contributed by atoms with van der Waals surface area (Å²) in [7, 11) is 1.82.